The molecule has 0 unspecified atom stereocenters. The van der Waals surface area contributed by atoms with Crippen molar-refractivity contribution in [2.75, 3.05) is 26.2 Å². The number of H-pyrrole nitrogens is 1. The zero-order valence-electron chi connectivity index (χ0n) is 13.4. The van der Waals surface area contributed by atoms with Gasteiger partial charge >= 0.3 is 0 Å². The molecule has 0 saturated carbocycles. The lowest BCUT2D eigenvalue weighted by molar-refractivity contribution is 0.0756. The van der Waals surface area contributed by atoms with E-state index < -0.39 is 5.82 Å². The first-order valence-corrected chi connectivity index (χ1v) is 8.26. The number of benzene rings is 1. The van der Waals surface area contributed by atoms with E-state index in [-0.39, 0.29) is 16.5 Å². The number of amides is 1. The molecule has 2 aromatic rings. The maximum Gasteiger partial charge on any atom is 0.258 e. The fourth-order valence-electron chi connectivity index (χ4n) is 2.85. The smallest absolute Gasteiger partial charge is 0.258 e. The van der Waals surface area contributed by atoms with Crippen molar-refractivity contribution < 1.29 is 9.18 Å². The molecule has 1 aliphatic rings. The standard InChI is InChI=1S/C16H19ClFN5O/c1-11-19-14(21-20-11)10-22-6-3-7-23(9-8-22)16(24)15-12(17)4-2-5-13(15)18/h2,4-5H,3,6-10H2,1H3,(H,19,20,21). The third-order valence-electron chi connectivity index (χ3n) is 4.06. The molecule has 1 amide bonds. The fourth-order valence-corrected chi connectivity index (χ4v) is 3.10. The van der Waals surface area contributed by atoms with E-state index in [1.165, 1.54) is 18.2 Å². The third kappa shape index (κ3) is 3.73. The molecule has 24 heavy (non-hydrogen) atoms. The van der Waals surface area contributed by atoms with Crippen molar-refractivity contribution in [2.24, 2.45) is 0 Å². The molecule has 1 aromatic heterocycles. The molecular weight excluding hydrogens is 333 g/mol. The maximum atomic E-state index is 14.0. The minimum Gasteiger partial charge on any atom is -0.337 e. The Labute approximate surface area is 144 Å². The van der Waals surface area contributed by atoms with Crippen LogP contribution >= 0.6 is 11.6 Å². The lowest BCUT2D eigenvalue weighted by atomic mass is 10.1. The zero-order valence-corrected chi connectivity index (χ0v) is 14.2. The Bertz CT molecular complexity index is 715. The normalized spacial score (nSPS) is 16.2. The topological polar surface area (TPSA) is 65.1 Å². The van der Waals surface area contributed by atoms with Crippen molar-refractivity contribution >= 4 is 17.5 Å². The number of nitrogens with one attached hydrogen (secondary N) is 1. The summed E-state index contributed by atoms with van der Waals surface area (Å²) in [6.45, 7) is 5.11. The van der Waals surface area contributed by atoms with Crippen LogP contribution in [-0.2, 0) is 6.54 Å². The predicted molar refractivity (Wildman–Crippen MR) is 88.3 cm³/mol. The molecule has 1 aromatic carbocycles. The first kappa shape index (κ1) is 16.9. The lowest BCUT2D eigenvalue weighted by Gasteiger charge is -2.22. The van der Waals surface area contributed by atoms with Gasteiger partial charge in [-0.1, -0.05) is 17.7 Å². The highest BCUT2D eigenvalue weighted by Crippen LogP contribution is 2.21. The molecule has 6 nitrogen and oxygen atoms in total. The summed E-state index contributed by atoms with van der Waals surface area (Å²) in [6.07, 6.45) is 0.807. The second-order valence-corrected chi connectivity index (χ2v) is 6.26. The quantitative estimate of drug-likeness (QED) is 0.921. The summed E-state index contributed by atoms with van der Waals surface area (Å²) in [6, 6.07) is 4.29. The number of nitrogens with zero attached hydrogens (tertiary/aromatic N) is 4. The van der Waals surface area contributed by atoms with Crippen LogP contribution in [0.2, 0.25) is 5.02 Å². The van der Waals surface area contributed by atoms with E-state index in [0.717, 1.165) is 24.6 Å². The molecule has 2 heterocycles. The van der Waals surface area contributed by atoms with Crippen molar-refractivity contribution in [3.05, 3.63) is 46.3 Å². The predicted octanol–water partition coefficient (Wildman–Crippen LogP) is 2.25. The summed E-state index contributed by atoms with van der Waals surface area (Å²) < 4.78 is 14.0. The highest BCUT2D eigenvalue weighted by molar-refractivity contribution is 6.33. The fraction of sp³-hybridized carbons (Fsp3) is 0.438. The van der Waals surface area contributed by atoms with Gasteiger partial charge in [0, 0.05) is 26.2 Å². The van der Waals surface area contributed by atoms with Crippen LogP contribution in [0.15, 0.2) is 18.2 Å². The van der Waals surface area contributed by atoms with Gasteiger partial charge in [-0.05, 0) is 25.5 Å². The molecule has 0 bridgehead atoms. The number of rotatable bonds is 3. The van der Waals surface area contributed by atoms with Gasteiger partial charge in [0.25, 0.3) is 5.91 Å². The van der Waals surface area contributed by atoms with E-state index in [9.17, 15) is 9.18 Å². The molecule has 0 atom stereocenters. The number of halogens is 2. The Morgan fingerprint density at radius 1 is 1.33 bits per heavy atom. The second kappa shape index (κ2) is 7.27. The van der Waals surface area contributed by atoms with Crippen LogP contribution < -0.4 is 0 Å². The van der Waals surface area contributed by atoms with E-state index in [4.69, 9.17) is 11.6 Å². The molecule has 0 radical (unpaired) electrons. The molecule has 1 aliphatic heterocycles. The van der Waals surface area contributed by atoms with Crippen LogP contribution in [0.1, 0.15) is 28.4 Å². The minimum absolute atomic E-state index is 0.0443. The van der Waals surface area contributed by atoms with Gasteiger partial charge in [0.05, 0.1) is 17.1 Å². The van der Waals surface area contributed by atoms with Crippen molar-refractivity contribution in [1.29, 1.82) is 0 Å². The Balaban J connectivity index is 1.66. The molecule has 0 spiro atoms. The molecule has 128 valence electrons. The number of hydrogen-bond acceptors (Lipinski definition) is 4. The minimum atomic E-state index is -0.579. The second-order valence-electron chi connectivity index (χ2n) is 5.86. The summed E-state index contributed by atoms with van der Waals surface area (Å²) in [5, 5.41) is 7.12. The third-order valence-corrected chi connectivity index (χ3v) is 4.38. The highest BCUT2D eigenvalue weighted by Gasteiger charge is 2.24. The lowest BCUT2D eigenvalue weighted by Crippen LogP contribution is -2.35. The van der Waals surface area contributed by atoms with Gasteiger partial charge in [-0.3, -0.25) is 14.8 Å². The average molecular weight is 352 g/mol. The maximum absolute atomic E-state index is 14.0. The largest absolute Gasteiger partial charge is 0.337 e. The summed E-state index contributed by atoms with van der Waals surface area (Å²) in [4.78, 5) is 20.8. The first-order valence-electron chi connectivity index (χ1n) is 7.88. The van der Waals surface area contributed by atoms with Gasteiger partial charge in [-0.15, -0.1) is 0 Å². The molecule has 3 rings (SSSR count). The molecule has 1 fully saturated rings. The van der Waals surface area contributed by atoms with E-state index in [2.05, 4.69) is 20.1 Å². The Morgan fingerprint density at radius 3 is 2.88 bits per heavy atom. The monoisotopic (exact) mass is 351 g/mol. The zero-order chi connectivity index (χ0) is 17.1. The number of aromatic nitrogens is 3. The van der Waals surface area contributed by atoms with E-state index in [1.54, 1.807) is 4.90 Å². The summed E-state index contributed by atoms with van der Waals surface area (Å²) in [5.41, 5.74) is -0.0443. The molecule has 1 saturated heterocycles. The number of carbonyl (C=O) groups excluding carboxylic acids is 1. The van der Waals surface area contributed by atoms with Crippen molar-refractivity contribution in [1.82, 2.24) is 25.0 Å². The molecule has 0 aliphatic carbocycles. The Kier molecular flexibility index (Phi) is 5.11. The highest BCUT2D eigenvalue weighted by atomic mass is 35.5. The van der Waals surface area contributed by atoms with Gasteiger partial charge < -0.3 is 4.90 Å². The summed E-state index contributed by atoms with van der Waals surface area (Å²) in [5.74, 6) is 0.591. The Hall–Kier alpha value is -1.99. The van der Waals surface area contributed by atoms with Crippen LogP contribution in [0.4, 0.5) is 4.39 Å². The van der Waals surface area contributed by atoms with Gasteiger partial charge in [0.1, 0.15) is 11.6 Å². The van der Waals surface area contributed by atoms with Crippen molar-refractivity contribution in [3.8, 4) is 0 Å². The van der Waals surface area contributed by atoms with Crippen molar-refractivity contribution in [3.63, 3.8) is 0 Å². The van der Waals surface area contributed by atoms with E-state index >= 15 is 0 Å². The van der Waals surface area contributed by atoms with Crippen LogP contribution in [-0.4, -0.2) is 57.1 Å². The molecular formula is C16H19ClFN5O. The number of aromatic amines is 1. The van der Waals surface area contributed by atoms with Gasteiger partial charge in [0.15, 0.2) is 5.82 Å². The average Bonchev–Trinajstić information content (AvgIpc) is 2.81. The number of aryl methyl sites for hydroxylation is 1. The summed E-state index contributed by atoms with van der Waals surface area (Å²) in [7, 11) is 0. The van der Waals surface area contributed by atoms with Gasteiger partial charge in [0.2, 0.25) is 0 Å². The molecule has 8 heteroatoms. The molecule has 1 N–H and O–H groups in total. The summed E-state index contributed by atoms with van der Waals surface area (Å²) >= 11 is 6.00. The van der Waals surface area contributed by atoms with Crippen LogP contribution in [0, 0.1) is 12.7 Å². The van der Waals surface area contributed by atoms with Gasteiger partial charge in [-0.2, -0.15) is 5.10 Å². The SMILES string of the molecule is Cc1nc(CN2CCCN(C(=O)c3c(F)cccc3Cl)CC2)n[nH]1. The van der Waals surface area contributed by atoms with Crippen molar-refractivity contribution in [2.45, 2.75) is 19.9 Å². The van der Waals surface area contributed by atoms with Crippen LogP contribution in [0.25, 0.3) is 0 Å². The van der Waals surface area contributed by atoms with E-state index in [1.807, 2.05) is 6.92 Å². The number of hydrogen-bond donors (Lipinski definition) is 1. The van der Waals surface area contributed by atoms with Gasteiger partial charge in [-0.25, -0.2) is 9.37 Å². The van der Waals surface area contributed by atoms with Crippen LogP contribution in [0.3, 0.4) is 0 Å². The van der Waals surface area contributed by atoms with Crippen LogP contribution in [0.5, 0.6) is 0 Å². The van der Waals surface area contributed by atoms with E-state index in [0.29, 0.717) is 26.2 Å². The number of carbonyl (C=O) groups is 1. The Morgan fingerprint density at radius 2 is 2.17 bits per heavy atom. The first-order chi connectivity index (χ1) is 11.5.